The number of aromatic nitrogens is 1. The Hall–Kier alpha value is -2.97. The Morgan fingerprint density at radius 1 is 1.16 bits per heavy atom. The molecule has 0 radical (unpaired) electrons. The highest BCUT2D eigenvalue weighted by atomic mass is 35.5. The Labute approximate surface area is 192 Å². The molecule has 168 valence electrons. The topological polar surface area (TPSA) is 80.6 Å². The van der Waals surface area contributed by atoms with Gasteiger partial charge in [0.05, 0.1) is 17.7 Å². The Balaban J connectivity index is 1.58. The molecule has 1 N–H and O–H groups in total. The number of amides is 1. The number of halogens is 1. The minimum atomic E-state index is -4.01. The normalized spacial score (nSPS) is 15.8. The number of anilines is 1. The van der Waals surface area contributed by atoms with Crippen LogP contribution >= 0.6 is 11.6 Å². The summed E-state index contributed by atoms with van der Waals surface area (Å²) in [5.74, 6) is 0.405. The molecule has 1 aromatic heterocycles. The van der Waals surface area contributed by atoms with Gasteiger partial charge in [0.1, 0.15) is 10.6 Å². The van der Waals surface area contributed by atoms with Crippen molar-refractivity contribution in [1.29, 1.82) is 0 Å². The van der Waals surface area contributed by atoms with Crippen molar-refractivity contribution in [3.05, 3.63) is 77.1 Å². The third-order valence-electron chi connectivity index (χ3n) is 5.49. The Morgan fingerprint density at radius 3 is 2.62 bits per heavy atom. The highest BCUT2D eigenvalue weighted by molar-refractivity contribution is 7.92. The molecule has 2 heterocycles. The molecule has 32 heavy (non-hydrogen) atoms. The van der Waals surface area contributed by atoms with Gasteiger partial charge in [-0.15, -0.1) is 0 Å². The van der Waals surface area contributed by atoms with Crippen LogP contribution in [0.1, 0.15) is 35.9 Å². The van der Waals surface area contributed by atoms with Crippen LogP contribution in [0, 0.1) is 0 Å². The molecule has 1 aliphatic rings. The molecule has 1 aliphatic heterocycles. The average Bonchev–Trinajstić information content (AvgIpc) is 3.25. The first-order valence-corrected chi connectivity index (χ1v) is 12.2. The maximum Gasteiger partial charge on any atom is 0.263 e. The van der Waals surface area contributed by atoms with Crippen molar-refractivity contribution in [3.8, 4) is 5.75 Å². The number of nitrogens with one attached hydrogen (secondary N) is 1. The summed E-state index contributed by atoms with van der Waals surface area (Å²) in [6, 6.07) is 14.7. The van der Waals surface area contributed by atoms with E-state index in [2.05, 4.69) is 9.29 Å². The van der Waals surface area contributed by atoms with Crippen LogP contribution in [0.3, 0.4) is 0 Å². The SMILES string of the molecule is CCOc1ccc(NS(=O)(=O)c2cc(C(=O)N3CCn4cccc4C3C)ccc2Cl)cc1. The number of rotatable bonds is 6. The van der Waals surface area contributed by atoms with Crippen LogP contribution in [-0.2, 0) is 16.6 Å². The number of sulfonamides is 1. The summed E-state index contributed by atoms with van der Waals surface area (Å²) in [6.07, 6.45) is 1.99. The van der Waals surface area contributed by atoms with E-state index in [9.17, 15) is 13.2 Å². The number of carbonyl (C=O) groups is 1. The molecule has 1 atom stereocenters. The van der Waals surface area contributed by atoms with Gasteiger partial charge in [-0.25, -0.2) is 8.42 Å². The molecule has 0 fully saturated rings. The van der Waals surface area contributed by atoms with Crippen LogP contribution in [0.4, 0.5) is 5.69 Å². The van der Waals surface area contributed by atoms with Gasteiger partial charge in [-0.1, -0.05) is 11.6 Å². The van der Waals surface area contributed by atoms with E-state index in [4.69, 9.17) is 16.3 Å². The molecule has 1 amide bonds. The number of nitrogens with zero attached hydrogens (tertiary/aromatic N) is 2. The van der Waals surface area contributed by atoms with Crippen LogP contribution in [0.25, 0.3) is 0 Å². The fourth-order valence-electron chi connectivity index (χ4n) is 3.86. The summed E-state index contributed by atoms with van der Waals surface area (Å²) >= 11 is 6.22. The first kappa shape index (κ1) is 22.2. The van der Waals surface area contributed by atoms with Crippen LogP contribution in [0.15, 0.2) is 65.7 Å². The van der Waals surface area contributed by atoms with Gasteiger partial charge < -0.3 is 14.2 Å². The molecule has 0 saturated carbocycles. The van der Waals surface area contributed by atoms with Gasteiger partial charge in [0.2, 0.25) is 0 Å². The van der Waals surface area contributed by atoms with Crippen molar-refractivity contribution in [1.82, 2.24) is 9.47 Å². The maximum atomic E-state index is 13.2. The number of benzene rings is 2. The molecular weight excluding hydrogens is 450 g/mol. The number of ether oxygens (including phenoxy) is 1. The summed E-state index contributed by atoms with van der Waals surface area (Å²) in [4.78, 5) is 14.8. The summed E-state index contributed by atoms with van der Waals surface area (Å²) in [6.45, 7) is 5.58. The lowest BCUT2D eigenvalue weighted by molar-refractivity contribution is 0.0644. The van der Waals surface area contributed by atoms with Gasteiger partial charge in [0, 0.05) is 36.2 Å². The largest absolute Gasteiger partial charge is 0.494 e. The summed E-state index contributed by atoms with van der Waals surface area (Å²) < 4.78 is 36.1. The average molecular weight is 474 g/mol. The van der Waals surface area contributed by atoms with E-state index < -0.39 is 10.0 Å². The van der Waals surface area contributed by atoms with Crippen molar-refractivity contribution in [2.75, 3.05) is 17.9 Å². The van der Waals surface area contributed by atoms with Crippen LogP contribution in [0.2, 0.25) is 5.02 Å². The van der Waals surface area contributed by atoms with Gasteiger partial charge in [0.15, 0.2) is 0 Å². The van der Waals surface area contributed by atoms with E-state index in [0.717, 1.165) is 5.69 Å². The number of hydrogen-bond donors (Lipinski definition) is 1. The molecule has 7 nitrogen and oxygen atoms in total. The highest BCUT2D eigenvalue weighted by Gasteiger charge is 2.29. The molecule has 2 aromatic carbocycles. The smallest absolute Gasteiger partial charge is 0.263 e. The predicted octanol–water partition coefficient (Wildman–Crippen LogP) is 4.56. The second-order valence-corrected chi connectivity index (χ2v) is 9.57. The molecular formula is C23H24ClN3O4S. The maximum absolute atomic E-state index is 13.2. The van der Waals surface area contributed by atoms with Crippen LogP contribution in [-0.4, -0.2) is 36.9 Å². The second kappa shape index (κ2) is 8.88. The Kier molecular flexibility index (Phi) is 6.17. The highest BCUT2D eigenvalue weighted by Crippen LogP contribution is 2.30. The van der Waals surface area contributed by atoms with Gasteiger partial charge in [-0.2, -0.15) is 0 Å². The first-order chi connectivity index (χ1) is 15.3. The zero-order valence-electron chi connectivity index (χ0n) is 17.8. The standard InChI is InChI=1S/C23H24ClN3O4S/c1-3-31-19-9-7-18(8-10-19)25-32(29,30)22-15-17(6-11-20(22)24)23(28)27-14-13-26-12-4-5-21(26)16(27)2/h4-12,15-16,25H,3,13-14H2,1-2H3. The van der Waals surface area contributed by atoms with E-state index in [1.165, 1.54) is 12.1 Å². The minimum absolute atomic E-state index is 0.0422. The van der Waals surface area contributed by atoms with Gasteiger partial charge in [-0.3, -0.25) is 9.52 Å². The monoisotopic (exact) mass is 473 g/mol. The quantitative estimate of drug-likeness (QED) is 0.569. The summed E-state index contributed by atoms with van der Waals surface area (Å²) in [5, 5.41) is 0.0422. The zero-order valence-corrected chi connectivity index (χ0v) is 19.4. The van der Waals surface area contributed by atoms with E-state index in [0.29, 0.717) is 31.1 Å². The van der Waals surface area contributed by atoms with Crippen molar-refractivity contribution in [2.45, 2.75) is 31.3 Å². The predicted molar refractivity (Wildman–Crippen MR) is 124 cm³/mol. The van der Waals surface area contributed by atoms with Crippen molar-refractivity contribution in [3.63, 3.8) is 0 Å². The summed E-state index contributed by atoms with van der Waals surface area (Å²) in [7, 11) is -4.01. The molecule has 0 saturated heterocycles. The first-order valence-electron chi connectivity index (χ1n) is 10.3. The number of hydrogen-bond acceptors (Lipinski definition) is 4. The zero-order chi connectivity index (χ0) is 22.9. The number of fused-ring (bicyclic) bond motifs is 1. The lowest BCUT2D eigenvalue weighted by Crippen LogP contribution is -2.40. The Morgan fingerprint density at radius 2 is 1.91 bits per heavy atom. The molecule has 0 aliphatic carbocycles. The lowest BCUT2D eigenvalue weighted by Gasteiger charge is -2.35. The van der Waals surface area contributed by atoms with Crippen molar-refractivity contribution < 1.29 is 17.9 Å². The number of carbonyl (C=O) groups excluding carboxylic acids is 1. The third kappa shape index (κ3) is 4.33. The van der Waals surface area contributed by atoms with Crippen molar-refractivity contribution in [2.24, 2.45) is 0 Å². The molecule has 9 heteroatoms. The van der Waals surface area contributed by atoms with E-state index in [-0.39, 0.29) is 27.4 Å². The fraction of sp³-hybridized carbons (Fsp3) is 0.261. The van der Waals surface area contributed by atoms with Gasteiger partial charge in [-0.05, 0) is 68.4 Å². The molecule has 4 rings (SSSR count). The van der Waals surface area contributed by atoms with Crippen molar-refractivity contribution >= 4 is 33.2 Å². The van der Waals surface area contributed by atoms with Gasteiger partial charge in [0.25, 0.3) is 15.9 Å². The van der Waals surface area contributed by atoms with E-state index in [1.54, 1.807) is 35.2 Å². The van der Waals surface area contributed by atoms with Gasteiger partial charge >= 0.3 is 0 Å². The van der Waals surface area contributed by atoms with E-state index in [1.807, 2.05) is 32.2 Å². The summed E-state index contributed by atoms with van der Waals surface area (Å²) in [5.41, 5.74) is 1.68. The van der Waals surface area contributed by atoms with Crippen LogP contribution < -0.4 is 9.46 Å². The second-order valence-electron chi connectivity index (χ2n) is 7.51. The molecule has 0 spiro atoms. The molecule has 3 aromatic rings. The minimum Gasteiger partial charge on any atom is -0.494 e. The Bertz CT molecular complexity index is 1240. The lowest BCUT2D eigenvalue weighted by atomic mass is 10.1. The fourth-order valence-corrected chi connectivity index (χ4v) is 5.45. The van der Waals surface area contributed by atoms with E-state index >= 15 is 0 Å². The molecule has 0 bridgehead atoms. The molecule has 1 unspecified atom stereocenters. The third-order valence-corrected chi connectivity index (χ3v) is 7.35. The van der Waals surface area contributed by atoms with Crippen LogP contribution in [0.5, 0.6) is 5.75 Å².